The molecule has 0 amide bonds. The second-order valence-corrected chi connectivity index (χ2v) is 3.57. The number of hydrogen-bond acceptors (Lipinski definition) is 1. The van der Waals surface area contributed by atoms with Crippen LogP contribution in [0.1, 0.15) is 12.0 Å². The average Bonchev–Trinajstić information content (AvgIpc) is 2.25. The topological polar surface area (TPSA) is 37.3 Å². The molecule has 1 rings (SSSR count). The second kappa shape index (κ2) is 6.25. The van der Waals surface area contributed by atoms with Crippen LogP contribution in [-0.4, -0.2) is 11.1 Å². The van der Waals surface area contributed by atoms with Gasteiger partial charge in [-0.15, -0.1) is 0 Å². The number of aliphatic carboxylic acids is 1. The lowest BCUT2D eigenvalue weighted by Gasteiger charge is -2.09. The van der Waals surface area contributed by atoms with Crippen molar-refractivity contribution >= 4 is 17.6 Å². The molecule has 0 bridgehead atoms. The third-order valence-corrected chi connectivity index (χ3v) is 2.36. The van der Waals surface area contributed by atoms with Gasteiger partial charge in [0.25, 0.3) is 0 Å². The molecule has 2 nitrogen and oxygen atoms in total. The molecule has 0 saturated heterocycles. The molecule has 80 valence electrons. The lowest BCUT2D eigenvalue weighted by molar-refractivity contribution is -0.141. The van der Waals surface area contributed by atoms with Gasteiger partial charge < -0.3 is 5.11 Å². The van der Waals surface area contributed by atoms with Crippen molar-refractivity contribution in [2.45, 2.75) is 12.8 Å². The van der Waals surface area contributed by atoms with Gasteiger partial charge in [0.1, 0.15) is 0 Å². The third kappa shape index (κ3) is 4.17. The maximum Gasteiger partial charge on any atom is 0.307 e. The number of halogens is 1. The maximum atomic E-state index is 10.9. The van der Waals surface area contributed by atoms with Crippen LogP contribution in [0.3, 0.4) is 0 Å². The van der Waals surface area contributed by atoms with Crippen LogP contribution in [-0.2, 0) is 11.2 Å². The number of hydrogen-bond donors (Lipinski definition) is 1. The fraction of sp³-hybridized carbons (Fsp3) is 0.250. The zero-order valence-electron chi connectivity index (χ0n) is 8.27. The van der Waals surface area contributed by atoms with Gasteiger partial charge in [0.05, 0.1) is 5.92 Å². The number of carbonyl (C=O) groups is 1. The molecule has 0 heterocycles. The standard InChI is InChI=1S/C12H13ClO2/c13-8-4-7-11(12(14)15)9-10-5-2-1-3-6-10/h1-6,8,11H,7,9H2,(H,14,15)/b8-4+. The van der Waals surface area contributed by atoms with Crippen molar-refractivity contribution in [2.75, 3.05) is 0 Å². The number of carboxylic acid groups (broad SMARTS) is 1. The molecule has 0 aromatic heterocycles. The molecule has 1 atom stereocenters. The molecule has 0 radical (unpaired) electrons. The summed E-state index contributed by atoms with van der Waals surface area (Å²) in [5.74, 6) is -1.18. The Balaban J connectivity index is 2.63. The zero-order chi connectivity index (χ0) is 11.1. The molecule has 0 aliphatic heterocycles. The van der Waals surface area contributed by atoms with Gasteiger partial charge in [0.15, 0.2) is 0 Å². The Hall–Kier alpha value is -1.28. The van der Waals surface area contributed by atoms with E-state index < -0.39 is 11.9 Å². The molecule has 0 aliphatic rings. The van der Waals surface area contributed by atoms with Crippen molar-refractivity contribution in [3.05, 3.63) is 47.5 Å². The molecule has 15 heavy (non-hydrogen) atoms. The van der Waals surface area contributed by atoms with Crippen LogP contribution in [0.15, 0.2) is 41.9 Å². The first kappa shape index (κ1) is 11.8. The number of rotatable bonds is 5. The summed E-state index contributed by atoms with van der Waals surface area (Å²) in [4.78, 5) is 10.9. The molecule has 0 saturated carbocycles. The Morgan fingerprint density at radius 1 is 1.40 bits per heavy atom. The molecule has 3 heteroatoms. The minimum atomic E-state index is -0.784. The largest absolute Gasteiger partial charge is 0.481 e. The summed E-state index contributed by atoms with van der Waals surface area (Å²) in [5.41, 5.74) is 2.40. The fourth-order valence-electron chi connectivity index (χ4n) is 1.39. The first-order chi connectivity index (χ1) is 7.24. The summed E-state index contributed by atoms with van der Waals surface area (Å²) in [5, 5.41) is 8.98. The highest BCUT2D eigenvalue weighted by Crippen LogP contribution is 2.13. The summed E-state index contributed by atoms with van der Waals surface area (Å²) in [7, 11) is 0. The lowest BCUT2D eigenvalue weighted by Crippen LogP contribution is -2.15. The monoisotopic (exact) mass is 224 g/mol. The minimum absolute atomic E-state index is 0.401. The predicted octanol–water partition coefficient (Wildman–Crippen LogP) is 3.07. The normalized spacial score (nSPS) is 12.9. The van der Waals surface area contributed by atoms with Crippen LogP contribution in [0.4, 0.5) is 0 Å². The number of carboxylic acids is 1. The van der Waals surface area contributed by atoms with Gasteiger partial charge in [-0.25, -0.2) is 0 Å². The quantitative estimate of drug-likeness (QED) is 0.835. The smallest absolute Gasteiger partial charge is 0.307 e. The highest BCUT2D eigenvalue weighted by Gasteiger charge is 2.15. The second-order valence-electron chi connectivity index (χ2n) is 3.32. The Kier molecular flexibility index (Phi) is 4.91. The summed E-state index contributed by atoms with van der Waals surface area (Å²) >= 11 is 5.38. The lowest BCUT2D eigenvalue weighted by atomic mass is 9.96. The van der Waals surface area contributed by atoms with E-state index in [1.165, 1.54) is 5.54 Å². The van der Waals surface area contributed by atoms with Gasteiger partial charge >= 0.3 is 5.97 Å². The van der Waals surface area contributed by atoms with Gasteiger partial charge in [0.2, 0.25) is 0 Å². The Morgan fingerprint density at radius 2 is 2.07 bits per heavy atom. The van der Waals surface area contributed by atoms with Gasteiger partial charge in [0, 0.05) is 5.54 Å². The zero-order valence-corrected chi connectivity index (χ0v) is 9.02. The highest BCUT2D eigenvalue weighted by molar-refractivity contribution is 6.25. The first-order valence-electron chi connectivity index (χ1n) is 4.76. The summed E-state index contributed by atoms with van der Waals surface area (Å²) in [6.45, 7) is 0. The molecular weight excluding hydrogens is 212 g/mol. The van der Waals surface area contributed by atoms with E-state index in [0.717, 1.165) is 5.56 Å². The Bertz CT molecular complexity index is 333. The predicted molar refractivity (Wildman–Crippen MR) is 60.9 cm³/mol. The number of allylic oxidation sites excluding steroid dienone is 1. The van der Waals surface area contributed by atoms with Crippen molar-refractivity contribution in [3.63, 3.8) is 0 Å². The van der Waals surface area contributed by atoms with E-state index in [-0.39, 0.29) is 0 Å². The maximum absolute atomic E-state index is 10.9. The molecule has 0 aliphatic carbocycles. The van der Waals surface area contributed by atoms with E-state index >= 15 is 0 Å². The van der Waals surface area contributed by atoms with E-state index in [4.69, 9.17) is 16.7 Å². The Labute approximate surface area is 94.2 Å². The third-order valence-electron chi connectivity index (χ3n) is 2.18. The van der Waals surface area contributed by atoms with E-state index in [1.807, 2.05) is 30.3 Å². The first-order valence-corrected chi connectivity index (χ1v) is 5.19. The molecule has 1 aromatic rings. The van der Waals surface area contributed by atoms with E-state index in [1.54, 1.807) is 6.08 Å². The van der Waals surface area contributed by atoms with Crippen molar-refractivity contribution in [2.24, 2.45) is 5.92 Å². The SMILES string of the molecule is O=C(O)C(C/C=C/Cl)Cc1ccccc1. The van der Waals surface area contributed by atoms with Crippen LogP contribution in [0.25, 0.3) is 0 Å². The average molecular weight is 225 g/mol. The summed E-state index contributed by atoms with van der Waals surface area (Å²) in [6, 6.07) is 9.59. The van der Waals surface area contributed by atoms with E-state index in [0.29, 0.717) is 12.8 Å². The van der Waals surface area contributed by atoms with Crippen molar-refractivity contribution in [1.82, 2.24) is 0 Å². The van der Waals surface area contributed by atoms with Crippen molar-refractivity contribution in [1.29, 1.82) is 0 Å². The molecule has 1 unspecified atom stereocenters. The van der Waals surface area contributed by atoms with Crippen LogP contribution < -0.4 is 0 Å². The summed E-state index contributed by atoms with van der Waals surface area (Å²) < 4.78 is 0. The van der Waals surface area contributed by atoms with E-state index in [9.17, 15) is 4.79 Å². The number of benzene rings is 1. The fourth-order valence-corrected chi connectivity index (χ4v) is 1.49. The van der Waals surface area contributed by atoms with Gasteiger partial charge in [-0.3, -0.25) is 4.79 Å². The van der Waals surface area contributed by atoms with E-state index in [2.05, 4.69) is 0 Å². The molecular formula is C12H13ClO2. The summed E-state index contributed by atoms with van der Waals surface area (Å²) in [6.07, 6.45) is 2.68. The minimum Gasteiger partial charge on any atom is -0.481 e. The van der Waals surface area contributed by atoms with Crippen molar-refractivity contribution < 1.29 is 9.90 Å². The molecule has 0 spiro atoms. The van der Waals surface area contributed by atoms with Crippen LogP contribution >= 0.6 is 11.6 Å². The Morgan fingerprint density at radius 3 is 2.60 bits per heavy atom. The molecule has 1 aromatic carbocycles. The van der Waals surface area contributed by atoms with Crippen LogP contribution in [0, 0.1) is 5.92 Å². The highest BCUT2D eigenvalue weighted by atomic mass is 35.5. The van der Waals surface area contributed by atoms with Gasteiger partial charge in [-0.05, 0) is 18.4 Å². The van der Waals surface area contributed by atoms with Gasteiger partial charge in [-0.2, -0.15) is 0 Å². The van der Waals surface area contributed by atoms with Crippen molar-refractivity contribution in [3.8, 4) is 0 Å². The van der Waals surface area contributed by atoms with Crippen LogP contribution in [0.2, 0.25) is 0 Å². The molecule has 0 fully saturated rings. The molecule has 1 N–H and O–H groups in total. The van der Waals surface area contributed by atoms with Gasteiger partial charge in [-0.1, -0.05) is 48.0 Å². The van der Waals surface area contributed by atoms with Crippen LogP contribution in [0.5, 0.6) is 0 Å².